The fraction of sp³-hybridized carbons (Fsp3) is 0.333. The van der Waals surface area contributed by atoms with Crippen molar-refractivity contribution in [3.63, 3.8) is 0 Å². The third kappa shape index (κ3) is 0.982. The van der Waals surface area contributed by atoms with E-state index in [-0.39, 0.29) is 12.7 Å². The molecule has 18 heavy (non-hydrogen) atoms. The Kier molecular flexibility index (Phi) is 1.60. The van der Waals surface area contributed by atoms with Crippen LogP contribution < -0.4 is 20.1 Å². The highest BCUT2D eigenvalue weighted by Crippen LogP contribution is 2.49. The van der Waals surface area contributed by atoms with E-state index >= 15 is 0 Å². The van der Waals surface area contributed by atoms with Crippen molar-refractivity contribution in [1.29, 1.82) is 0 Å². The van der Waals surface area contributed by atoms with Gasteiger partial charge in [-0.15, -0.1) is 0 Å². The van der Waals surface area contributed by atoms with Crippen molar-refractivity contribution in [2.24, 2.45) is 0 Å². The molecule has 2 heterocycles. The van der Waals surface area contributed by atoms with E-state index in [4.69, 9.17) is 9.47 Å². The summed E-state index contributed by atoms with van der Waals surface area (Å²) in [4.78, 5) is 23.5. The Bertz CT molecular complexity index is 598. The van der Waals surface area contributed by atoms with Gasteiger partial charge in [0.25, 0.3) is 5.91 Å². The van der Waals surface area contributed by atoms with E-state index < -0.39 is 11.6 Å². The lowest BCUT2D eigenvalue weighted by Gasteiger charge is -2.22. The van der Waals surface area contributed by atoms with Crippen LogP contribution in [0.1, 0.15) is 17.5 Å². The van der Waals surface area contributed by atoms with E-state index in [9.17, 15) is 9.59 Å². The molecule has 1 atom stereocenters. The van der Waals surface area contributed by atoms with Crippen LogP contribution in [0.15, 0.2) is 12.1 Å². The van der Waals surface area contributed by atoms with Crippen molar-refractivity contribution < 1.29 is 19.1 Å². The Morgan fingerprint density at radius 1 is 1.22 bits per heavy atom. The minimum Gasteiger partial charge on any atom is -0.454 e. The van der Waals surface area contributed by atoms with E-state index in [2.05, 4.69) is 10.6 Å². The number of hydrogen-bond acceptors (Lipinski definition) is 4. The van der Waals surface area contributed by atoms with Gasteiger partial charge < -0.3 is 14.8 Å². The predicted octanol–water partition coefficient (Wildman–Crippen LogP) is 0.396. The lowest BCUT2D eigenvalue weighted by Crippen LogP contribution is -2.41. The molecule has 2 aliphatic heterocycles. The maximum atomic E-state index is 12.1. The maximum Gasteiger partial charge on any atom is 0.322 e. The highest BCUT2D eigenvalue weighted by Gasteiger charge is 2.54. The Morgan fingerprint density at radius 2 is 2.11 bits per heavy atom. The fourth-order valence-electron chi connectivity index (χ4n) is 2.98. The van der Waals surface area contributed by atoms with Gasteiger partial charge in [0, 0.05) is 5.56 Å². The molecule has 92 valence electrons. The Hall–Kier alpha value is -2.24. The first kappa shape index (κ1) is 9.76. The lowest BCUT2D eigenvalue weighted by molar-refractivity contribution is -0.124. The molecule has 1 fully saturated rings. The Morgan fingerprint density at radius 3 is 2.89 bits per heavy atom. The number of fused-ring (bicyclic) bond motifs is 4. The van der Waals surface area contributed by atoms with Gasteiger partial charge >= 0.3 is 6.03 Å². The summed E-state index contributed by atoms with van der Waals surface area (Å²) >= 11 is 0. The second-order valence-corrected chi connectivity index (χ2v) is 4.65. The fourth-order valence-corrected chi connectivity index (χ4v) is 2.98. The second-order valence-electron chi connectivity index (χ2n) is 4.65. The summed E-state index contributed by atoms with van der Waals surface area (Å²) < 4.78 is 10.8. The van der Waals surface area contributed by atoms with Gasteiger partial charge in [0.05, 0.1) is 0 Å². The first-order chi connectivity index (χ1) is 8.71. The molecule has 1 saturated heterocycles. The van der Waals surface area contributed by atoms with Gasteiger partial charge in [0.1, 0.15) is 0 Å². The van der Waals surface area contributed by atoms with Crippen LogP contribution in [0.2, 0.25) is 0 Å². The number of benzene rings is 1. The Balaban J connectivity index is 1.97. The van der Waals surface area contributed by atoms with Crippen LogP contribution in [0, 0.1) is 0 Å². The number of urea groups is 1. The number of imide groups is 1. The summed E-state index contributed by atoms with van der Waals surface area (Å²) in [5.74, 6) is 0.904. The van der Waals surface area contributed by atoms with E-state index in [1.807, 2.05) is 12.1 Å². The smallest absolute Gasteiger partial charge is 0.322 e. The van der Waals surface area contributed by atoms with Crippen LogP contribution in [0.3, 0.4) is 0 Å². The molecule has 1 spiro atoms. The standard InChI is InChI=1S/C12H10N2O4/c15-10-12(14-11(16)13-10)4-3-6-1-2-7-9(8(6)12)18-5-17-7/h1-2H,3-5H2,(H2,13,14,15,16). The third-order valence-electron chi connectivity index (χ3n) is 3.76. The molecule has 1 aromatic rings. The van der Waals surface area contributed by atoms with Gasteiger partial charge in [-0.25, -0.2) is 4.79 Å². The highest BCUT2D eigenvalue weighted by atomic mass is 16.7. The van der Waals surface area contributed by atoms with Gasteiger partial charge in [-0.3, -0.25) is 10.1 Å². The second kappa shape index (κ2) is 2.95. The minimum atomic E-state index is -0.981. The topological polar surface area (TPSA) is 76.7 Å². The van der Waals surface area contributed by atoms with Crippen LogP contribution in [-0.4, -0.2) is 18.7 Å². The first-order valence-electron chi connectivity index (χ1n) is 5.76. The van der Waals surface area contributed by atoms with Crippen molar-refractivity contribution in [1.82, 2.24) is 10.6 Å². The molecule has 3 amide bonds. The molecule has 1 aromatic carbocycles. The van der Waals surface area contributed by atoms with Gasteiger partial charge in [-0.05, 0) is 24.5 Å². The SMILES string of the molecule is O=C1NC(=O)C2(CCc3ccc4c(c32)OCO4)N1. The van der Waals surface area contributed by atoms with Crippen LogP contribution in [0.5, 0.6) is 11.5 Å². The molecule has 3 aliphatic rings. The largest absolute Gasteiger partial charge is 0.454 e. The average Bonchev–Trinajstić information content (AvgIpc) is 2.98. The number of carbonyl (C=O) groups excluding carboxylic acids is 2. The zero-order chi connectivity index (χ0) is 12.3. The summed E-state index contributed by atoms with van der Waals surface area (Å²) in [6.07, 6.45) is 1.29. The highest BCUT2D eigenvalue weighted by molar-refractivity contribution is 6.08. The number of ether oxygens (including phenoxy) is 2. The molecular formula is C12H10N2O4. The molecule has 1 unspecified atom stereocenters. The summed E-state index contributed by atoms with van der Waals surface area (Å²) in [7, 11) is 0. The van der Waals surface area contributed by atoms with Crippen LogP contribution >= 0.6 is 0 Å². The Labute approximate surface area is 102 Å². The zero-order valence-electron chi connectivity index (χ0n) is 9.41. The van der Waals surface area contributed by atoms with Gasteiger partial charge in [0.15, 0.2) is 17.0 Å². The van der Waals surface area contributed by atoms with Crippen molar-refractivity contribution in [2.75, 3.05) is 6.79 Å². The van der Waals surface area contributed by atoms with Crippen molar-refractivity contribution in [3.8, 4) is 11.5 Å². The molecule has 1 aliphatic carbocycles. The predicted molar refractivity (Wildman–Crippen MR) is 59.2 cm³/mol. The average molecular weight is 246 g/mol. The van der Waals surface area contributed by atoms with Gasteiger partial charge in [0.2, 0.25) is 6.79 Å². The first-order valence-corrected chi connectivity index (χ1v) is 5.76. The molecule has 6 heteroatoms. The summed E-state index contributed by atoms with van der Waals surface area (Å²) in [6, 6.07) is 3.31. The number of carbonyl (C=O) groups is 2. The quantitative estimate of drug-likeness (QED) is 0.649. The molecular weight excluding hydrogens is 236 g/mol. The normalized spacial score (nSPS) is 27.3. The van der Waals surface area contributed by atoms with Crippen molar-refractivity contribution in [2.45, 2.75) is 18.4 Å². The van der Waals surface area contributed by atoms with Crippen LogP contribution in [0.4, 0.5) is 4.79 Å². The van der Waals surface area contributed by atoms with E-state index in [0.717, 1.165) is 17.5 Å². The summed E-state index contributed by atoms with van der Waals surface area (Å²) in [5, 5.41) is 5.03. The van der Waals surface area contributed by atoms with Crippen LogP contribution in [0.25, 0.3) is 0 Å². The van der Waals surface area contributed by atoms with Crippen molar-refractivity contribution in [3.05, 3.63) is 23.3 Å². The van der Waals surface area contributed by atoms with E-state index in [1.54, 1.807) is 0 Å². The maximum absolute atomic E-state index is 12.1. The number of rotatable bonds is 0. The minimum absolute atomic E-state index is 0.150. The monoisotopic (exact) mass is 246 g/mol. The molecule has 0 bridgehead atoms. The summed E-state index contributed by atoms with van der Waals surface area (Å²) in [5.41, 5.74) is 0.795. The van der Waals surface area contributed by atoms with E-state index in [0.29, 0.717) is 17.9 Å². The summed E-state index contributed by atoms with van der Waals surface area (Å²) in [6.45, 7) is 0.150. The number of nitrogens with one attached hydrogen (secondary N) is 2. The molecule has 2 N–H and O–H groups in total. The molecule has 0 aromatic heterocycles. The number of aryl methyl sites for hydroxylation is 1. The zero-order valence-corrected chi connectivity index (χ0v) is 9.41. The third-order valence-corrected chi connectivity index (χ3v) is 3.76. The van der Waals surface area contributed by atoms with Gasteiger partial charge in [-0.1, -0.05) is 6.07 Å². The van der Waals surface area contributed by atoms with Crippen molar-refractivity contribution >= 4 is 11.9 Å². The van der Waals surface area contributed by atoms with Gasteiger partial charge in [-0.2, -0.15) is 0 Å². The van der Waals surface area contributed by atoms with E-state index in [1.165, 1.54) is 0 Å². The number of hydrogen-bond donors (Lipinski definition) is 2. The molecule has 6 nitrogen and oxygen atoms in total. The molecule has 4 rings (SSSR count). The van der Waals surface area contributed by atoms with Crippen LogP contribution in [-0.2, 0) is 16.8 Å². The number of amides is 3. The molecule has 0 radical (unpaired) electrons. The lowest BCUT2D eigenvalue weighted by atomic mass is 9.91. The molecule has 0 saturated carbocycles.